The predicted molar refractivity (Wildman–Crippen MR) is 71.7 cm³/mol. The highest BCUT2D eigenvalue weighted by Crippen LogP contribution is 2.13. The molecule has 2 aromatic rings. The van der Waals surface area contributed by atoms with Gasteiger partial charge in [0, 0.05) is 18.3 Å². The first-order chi connectivity index (χ1) is 9.08. The summed E-state index contributed by atoms with van der Waals surface area (Å²) in [4.78, 5) is 24.8. The molecule has 1 heterocycles. The van der Waals surface area contributed by atoms with E-state index in [1.165, 1.54) is 0 Å². The second-order valence-electron chi connectivity index (χ2n) is 4.49. The van der Waals surface area contributed by atoms with Gasteiger partial charge < -0.3 is 10.1 Å². The van der Waals surface area contributed by atoms with Crippen LogP contribution < -0.4 is 5.69 Å². The Morgan fingerprint density at radius 3 is 2.84 bits per heavy atom. The lowest BCUT2D eigenvalue weighted by Crippen LogP contribution is -2.15. The second kappa shape index (κ2) is 5.56. The Morgan fingerprint density at radius 2 is 2.21 bits per heavy atom. The number of H-pyrrole nitrogens is 1. The number of aliphatic carboxylic acids is 1. The topological polar surface area (TPSA) is 75.1 Å². The molecule has 2 N–H and O–H groups in total. The molecule has 1 aromatic carbocycles. The van der Waals surface area contributed by atoms with Crippen LogP contribution in [0.1, 0.15) is 24.1 Å². The second-order valence-corrected chi connectivity index (χ2v) is 4.49. The van der Waals surface area contributed by atoms with E-state index in [9.17, 15) is 9.59 Å². The van der Waals surface area contributed by atoms with Gasteiger partial charge in [-0.15, -0.1) is 0 Å². The summed E-state index contributed by atoms with van der Waals surface area (Å²) in [5.41, 5.74) is 2.51. The van der Waals surface area contributed by atoms with Crippen molar-refractivity contribution in [3.8, 4) is 5.69 Å². The van der Waals surface area contributed by atoms with Gasteiger partial charge in [0.25, 0.3) is 0 Å². The lowest BCUT2D eigenvalue weighted by Gasteiger charge is -2.06. The highest BCUT2D eigenvalue weighted by Gasteiger charge is 2.05. The zero-order valence-electron chi connectivity index (χ0n) is 10.7. The van der Waals surface area contributed by atoms with Gasteiger partial charge in [0.05, 0.1) is 5.69 Å². The molecule has 100 valence electrons. The average Bonchev–Trinajstić information content (AvgIpc) is 2.69. The number of hydrogen-bond donors (Lipinski definition) is 2. The molecule has 5 heteroatoms. The molecule has 0 aliphatic rings. The van der Waals surface area contributed by atoms with E-state index in [0.29, 0.717) is 12.8 Å². The van der Waals surface area contributed by atoms with E-state index in [4.69, 9.17) is 5.11 Å². The van der Waals surface area contributed by atoms with Crippen LogP contribution in [0, 0.1) is 6.92 Å². The minimum atomic E-state index is -0.783. The zero-order chi connectivity index (χ0) is 13.8. The van der Waals surface area contributed by atoms with E-state index in [1.807, 2.05) is 31.2 Å². The largest absolute Gasteiger partial charge is 0.481 e. The SMILES string of the molecule is Cc1c[nH]c(=O)n1-c1cccc(CCCC(=O)O)c1. The Labute approximate surface area is 110 Å². The van der Waals surface area contributed by atoms with Gasteiger partial charge in [-0.25, -0.2) is 4.79 Å². The molecular weight excluding hydrogens is 244 g/mol. The van der Waals surface area contributed by atoms with Crippen molar-refractivity contribution in [1.29, 1.82) is 0 Å². The van der Waals surface area contributed by atoms with Gasteiger partial charge in [-0.3, -0.25) is 9.36 Å². The number of nitrogens with zero attached hydrogens (tertiary/aromatic N) is 1. The Hall–Kier alpha value is -2.30. The molecule has 0 unspecified atom stereocenters. The molecule has 0 saturated heterocycles. The summed E-state index contributed by atoms with van der Waals surface area (Å²) >= 11 is 0. The van der Waals surface area contributed by atoms with Gasteiger partial charge >= 0.3 is 11.7 Å². The third kappa shape index (κ3) is 3.13. The number of carboxylic acids is 1. The Bertz CT molecular complexity index is 640. The van der Waals surface area contributed by atoms with Crippen molar-refractivity contribution in [1.82, 2.24) is 9.55 Å². The van der Waals surface area contributed by atoms with E-state index >= 15 is 0 Å². The molecule has 19 heavy (non-hydrogen) atoms. The molecule has 0 aliphatic heterocycles. The molecule has 2 rings (SSSR count). The van der Waals surface area contributed by atoms with Crippen LogP contribution in [0.2, 0.25) is 0 Å². The van der Waals surface area contributed by atoms with Crippen molar-refractivity contribution in [2.24, 2.45) is 0 Å². The molecule has 0 fully saturated rings. The smallest absolute Gasteiger partial charge is 0.330 e. The lowest BCUT2D eigenvalue weighted by molar-refractivity contribution is -0.137. The van der Waals surface area contributed by atoms with Crippen molar-refractivity contribution < 1.29 is 9.90 Å². The summed E-state index contributed by atoms with van der Waals surface area (Å²) in [6, 6.07) is 7.61. The van der Waals surface area contributed by atoms with Crippen molar-refractivity contribution >= 4 is 5.97 Å². The summed E-state index contributed by atoms with van der Waals surface area (Å²) in [7, 11) is 0. The minimum absolute atomic E-state index is 0.160. The Kier molecular flexibility index (Phi) is 3.85. The first-order valence-electron chi connectivity index (χ1n) is 6.16. The van der Waals surface area contributed by atoms with Crippen LogP contribution in [0.5, 0.6) is 0 Å². The number of aromatic nitrogens is 2. The number of imidazole rings is 1. The number of nitrogens with one attached hydrogen (secondary N) is 1. The highest BCUT2D eigenvalue weighted by atomic mass is 16.4. The van der Waals surface area contributed by atoms with Gasteiger partial charge in [-0.05, 0) is 37.5 Å². The maximum Gasteiger partial charge on any atom is 0.330 e. The standard InChI is InChI=1S/C14H16N2O3/c1-10-9-15-14(19)16(10)12-6-2-4-11(8-12)5-3-7-13(17)18/h2,4,6,8-9H,3,5,7H2,1H3,(H,15,19)(H,17,18). The molecule has 0 aliphatic carbocycles. The van der Waals surface area contributed by atoms with Crippen LogP contribution in [-0.4, -0.2) is 20.6 Å². The number of rotatable bonds is 5. The number of carbonyl (C=O) groups is 1. The maximum absolute atomic E-state index is 11.7. The molecular formula is C14H16N2O3. The van der Waals surface area contributed by atoms with Crippen LogP contribution in [0.25, 0.3) is 5.69 Å². The average molecular weight is 260 g/mol. The van der Waals surface area contributed by atoms with Crippen LogP contribution in [0.4, 0.5) is 0 Å². The molecule has 0 radical (unpaired) electrons. The summed E-state index contributed by atoms with van der Waals surface area (Å²) in [5, 5.41) is 8.62. The fourth-order valence-corrected chi connectivity index (χ4v) is 2.07. The summed E-state index contributed by atoms with van der Waals surface area (Å²) in [6.07, 6.45) is 3.12. The number of aromatic amines is 1. The van der Waals surface area contributed by atoms with Gasteiger partial charge in [0.15, 0.2) is 0 Å². The number of aryl methyl sites for hydroxylation is 2. The van der Waals surface area contributed by atoms with E-state index in [2.05, 4.69) is 4.98 Å². The molecule has 0 spiro atoms. The fourth-order valence-electron chi connectivity index (χ4n) is 2.07. The normalized spacial score (nSPS) is 10.6. The van der Waals surface area contributed by atoms with Crippen LogP contribution in [0.15, 0.2) is 35.3 Å². The zero-order valence-corrected chi connectivity index (χ0v) is 10.7. The van der Waals surface area contributed by atoms with E-state index in [1.54, 1.807) is 10.8 Å². The van der Waals surface area contributed by atoms with Crippen LogP contribution in [-0.2, 0) is 11.2 Å². The Morgan fingerprint density at radius 1 is 1.42 bits per heavy atom. The molecule has 0 bridgehead atoms. The molecule has 5 nitrogen and oxygen atoms in total. The number of benzene rings is 1. The first-order valence-corrected chi connectivity index (χ1v) is 6.16. The lowest BCUT2D eigenvalue weighted by atomic mass is 10.1. The minimum Gasteiger partial charge on any atom is -0.481 e. The summed E-state index contributed by atoms with van der Waals surface area (Å²) < 4.78 is 1.60. The van der Waals surface area contributed by atoms with Gasteiger partial charge in [0.1, 0.15) is 0 Å². The van der Waals surface area contributed by atoms with E-state index in [-0.39, 0.29) is 12.1 Å². The van der Waals surface area contributed by atoms with Crippen LogP contribution >= 0.6 is 0 Å². The third-order valence-corrected chi connectivity index (χ3v) is 2.99. The molecule has 0 amide bonds. The van der Waals surface area contributed by atoms with Crippen molar-refractivity contribution in [3.05, 3.63) is 52.2 Å². The summed E-state index contributed by atoms with van der Waals surface area (Å²) in [5.74, 6) is -0.783. The van der Waals surface area contributed by atoms with Crippen LogP contribution in [0.3, 0.4) is 0 Å². The highest BCUT2D eigenvalue weighted by molar-refractivity contribution is 5.66. The van der Waals surface area contributed by atoms with Crippen molar-refractivity contribution in [2.45, 2.75) is 26.2 Å². The molecule has 0 saturated carbocycles. The van der Waals surface area contributed by atoms with Crippen molar-refractivity contribution in [3.63, 3.8) is 0 Å². The molecule has 0 atom stereocenters. The fraction of sp³-hybridized carbons (Fsp3) is 0.286. The van der Waals surface area contributed by atoms with Gasteiger partial charge in [-0.1, -0.05) is 12.1 Å². The predicted octanol–water partition coefficient (Wildman–Crippen LogP) is 1.88. The maximum atomic E-state index is 11.7. The van der Waals surface area contributed by atoms with Gasteiger partial charge in [-0.2, -0.15) is 0 Å². The van der Waals surface area contributed by atoms with Gasteiger partial charge in [0.2, 0.25) is 0 Å². The number of carboxylic acid groups (broad SMARTS) is 1. The number of hydrogen-bond acceptors (Lipinski definition) is 2. The van der Waals surface area contributed by atoms with E-state index in [0.717, 1.165) is 16.9 Å². The first kappa shape index (κ1) is 13.1. The summed E-state index contributed by atoms with van der Waals surface area (Å²) in [6.45, 7) is 1.86. The van der Waals surface area contributed by atoms with E-state index < -0.39 is 5.97 Å². The van der Waals surface area contributed by atoms with Crippen molar-refractivity contribution in [2.75, 3.05) is 0 Å². The Balaban J connectivity index is 2.20. The monoisotopic (exact) mass is 260 g/mol. The third-order valence-electron chi connectivity index (χ3n) is 2.99. The molecule has 1 aromatic heterocycles. The quantitative estimate of drug-likeness (QED) is 0.861.